The number of benzene rings is 1. The Morgan fingerprint density at radius 3 is 2.89 bits per heavy atom. The summed E-state index contributed by atoms with van der Waals surface area (Å²) in [6.45, 7) is 1.73. The van der Waals surface area contributed by atoms with Crippen LogP contribution in [0.15, 0.2) is 30.5 Å². The van der Waals surface area contributed by atoms with Crippen LogP contribution in [0, 0.1) is 12.7 Å². The standard InChI is InChI=1S/C13H12ClFN2O/c1-8-16-6-5-11(17-8)12(18)7-9-3-2-4-10(14)13(9)15/h2-6,12,18H,7H2,1H3. The van der Waals surface area contributed by atoms with Crippen LogP contribution in [0.3, 0.4) is 0 Å². The molecule has 3 nitrogen and oxygen atoms in total. The first-order valence-corrected chi connectivity index (χ1v) is 5.86. The van der Waals surface area contributed by atoms with Crippen molar-refractivity contribution in [1.82, 2.24) is 9.97 Å². The summed E-state index contributed by atoms with van der Waals surface area (Å²) >= 11 is 5.69. The second-order valence-corrected chi connectivity index (χ2v) is 4.37. The predicted molar refractivity (Wildman–Crippen MR) is 66.8 cm³/mol. The number of aliphatic hydroxyl groups excluding tert-OH is 1. The van der Waals surface area contributed by atoms with Crippen LogP contribution >= 0.6 is 11.6 Å². The molecule has 0 saturated carbocycles. The third-order valence-electron chi connectivity index (χ3n) is 2.58. The van der Waals surface area contributed by atoms with Gasteiger partial charge in [0.2, 0.25) is 0 Å². The summed E-state index contributed by atoms with van der Waals surface area (Å²) < 4.78 is 13.7. The molecule has 0 saturated heterocycles. The molecule has 0 fully saturated rings. The van der Waals surface area contributed by atoms with Crippen LogP contribution in [0.5, 0.6) is 0 Å². The largest absolute Gasteiger partial charge is 0.386 e. The second kappa shape index (κ2) is 5.42. The van der Waals surface area contributed by atoms with Crippen LogP contribution in [0.25, 0.3) is 0 Å². The van der Waals surface area contributed by atoms with Crippen LogP contribution in [-0.2, 0) is 6.42 Å². The molecular weight excluding hydrogens is 255 g/mol. The monoisotopic (exact) mass is 266 g/mol. The van der Waals surface area contributed by atoms with Gasteiger partial charge in [-0.05, 0) is 24.6 Å². The zero-order chi connectivity index (χ0) is 13.1. The van der Waals surface area contributed by atoms with E-state index in [1.165, 1.54) is 6.07 Å². The average Bonchev–Trinajstić information content (AvgIpc) is 2.35. The molecule has 1 atom stereocenters. The predicted octanol–water partition coefficient (Wildman–Crippen LogP) is 2.85. The molecule has 1 aromatic carbocycles. The summed E-state index contributed by atoms with van der Waals surface area (Å²) in [5.41, 5.74) is 0.841. The molecule has 94 valence electrons. The molecule has 0 aliphatic rings. The molecular formula is C13H12ClFN2O. The van der Waals surface area contributed by atoms with Crippen LogP contribution in [0.4, 0.5) is 4.39 Å². The number of rotatable bonds is 3. The van der Waals surface area contributed by atoms with Gasteiger partial charge in [0.05, 0.1) is 10.7 Å². The lowest BCUT2D eigenvalue weighted by Gasteiger charge is -2.11. The Bertz CT molecular complexity index is 562. The Hall–Kier alpha value is -1.52. The van der Waals surface area contributed by atoms with Gasteiger partial charge in [-0.25, -0.2) is 14.4 Å². The van der Waals surface area contributed by atoms with Crippen molar-refractivity contribution in [2.45, 2.75) is 19.4 Å². The fourth-order valence-corrected chi connectivity index (χ4v) is 1.87. The summed E-state index contributed by atoms with van der Waals surface area (Å²) in [5.74, 6) is 0.0714. The van der Waals surface area contributed by atoms with Crippen LogP contribution < -0.4 is 0 Å². The summed E-state index contributed by atoms with van der Waals surface area (Å²) in [6, 6.07) is 6.33. The van der Waals surface area contributed by atoms with Crippen molar-refractivity contribution < 1.29 is 9.50 Å². The molecule has 0 aliphatic carbocycles. The van der Waals surface area contributed by atoms with Gasteiger partial charge in [0, 0.05) is 12.6 Å². The maximum atomic E-state index is 13.7. The first-order chi connectivity index (χ1) is 8.58. The van der Waals surface area contributed by atoms with E-state index in [-0.39, 0.29) is 11.4 Å². The number of hydrogen-bond acceptors (Lipinski definition) is 3. The molecule has 1 N–H and O–H groups in total. The first kappa shape index (κ1) is 12.9. The molecule has 1 aromatic heterocycles. The minimum Gasteiger partial charge on any atom is -0.386 e. The van der Waals surface area contributed by atoms with Gasteiger partial charge in [0.25, 0.3) is 0 Å². The molecule has 0 aliphatic heterocycles. The smallest absolute Gasteiger partial charge is 0.145 e. The van der Waals surface area contributed by atoms with E-state index in [0.717, 1.165) is 0 Å². The fraction of sp³-hybridized carbons (Fsp3) is 0.231. The summed E-state index contributed by atoms with van der Waals surface area (Å²) in [6.07, 6.45) is 0.817. The third-order valence-corrected chi connectivity index (χ3v) is 2.88. The molecule has 18 heavy (non-hydrogen) atoms. The summed E-state index contributed by atoms with van der Waals surface area (Å²) in [7, 11) is 0. The number of aryl methyl sites for hydroxylation is 1. The average molecular weight is 267 g/mol. The molecule has 0 bridgehead atoms. The van der Waals surface area contributed by atoms with Crippen LogP contribution in [0.2, 0.25) is 5.02 Å². The molecule has 2 aromatic rings. The number of aliphatic hydroxyl groups is 1. The minimum absolute atomic E-state index is 0.0542. The van der Waals surface area contributed by atoms with Gasteiger partial charge in [-0.3, -0.25) is 0 Å². The number of hydrogen-bond donors (Lipinski definition) is 1. The van der Waals surface area contributed by atoms with Crippen LogP contribution in [0.1, 0.15) is 23.2 Å². The van der Waals surface area contributed by atoms with E-state index in [1.807, 2.05) is 0 Å². The van der Waals surface area contributed by atoms with E-state index in [9.17, 15) is 9.50 Å². The Morgan fingerprint density at radius 2 is 2.17 bits per heavy atom. The highest BCUT2D eigenvalue weighted by Gasteiger charge is 2.14. The zero-order valence-corrected chi connectivity index (χ0v) is 10.5. The van der Waals surface area contributed by atoms with Crippen molar-refractivity contribution in [3.05, 3.63) is 58.4 Å². The second-order valence-electron chi connectivity index (χ2n) is 3.96. The molecule has 0 spiro atoms. The van der Waals surface area contributed by atoms with E-state index in [1.54, 1.807) is 31.3 Å². The Morgan fingerprint density at radius 1 is 1.39 bits per heavy atom. The van der Waals surface area contributed by atoms with E-state index in [2.05, 4.69) is 9.97 Å². The maximum Gasteiger partial charge on any atom is 0.145 e. The van der Waals surface area contributed by atoms with Crippen molar-refractivity contribution in [2.24, 2.45) is 0 Å². The van der Waals surface area contributed by atoms with Gasteiger partial charge in [-0.1, -0.05) is 23.7 Å². The van der Waals surface area contributed by atoms with Crippen molar-refractivity contribution in [1.29, 1.82) is 0 Å². The van der Waals surface area contributed by atoms with Crippen LogP contribution in [-0.4, -0.2) is 15.1 Å². The van der Waals surface area contributed by atoms with Gasteiger partial charge in [-0.15, -0.1) is 0 Å². The van der Waals surface area contributed by atoms with Gasteiger partial charge < -0.3 is 5.11 Å². The van der Waals surface area contributed by atoms with E-state index < -0.39 is 11.9 Å². The fourth-order valence-electron chi connectivity index (χ4n) is 1.68. The quantitative estimate of drug-likeness (QED) is 0.929. The lowest BCUT2D eigenvalue weighted by Crippen LogP contribution is -2.07. The molecule has 0 amide bonds. The summed E-state index contributed by atoms with van der Waals surface area (Å²) in [5, 5.41) is 10.1. The highest BCUT2D eigenvalue weighted by molar-refractivity contribution is 6.30. The zero-order valence-electron chi connectivity index (χ0n) is 9.77. The van der Waals surface area contributed by atoms with E-state index >= 15 is 0 Å². The number of nitrogens with zero attached hydrogens (tertiary/aromatic N) is 2. The van der Waals surface area contributed by atoms with Crippen molar-refractivity contribution in [3.8, 4) is 0 Å². The van der Waals surface area contributed by atoms with Crippen molar-refractivity contribution in [2.75, 3.05) is 0 Å². The SMILES string of the molecule is Cc1nccc(C(O)Cc2cccc(Cl)c2F)n1. The molecule has 0 radical (unpaired) electrons. The highest BCUT2D eigenvalue weighted by Crippen LogP contribution is 2.23. The summed E-state index contributed by atoms with van der Waals surface area (Å²) in [4.78, 5) is 8.05. The molecule has 2 rings (SSSR count). The Balaban J connectivity index is 2.21. The molecule has 5 heteroatoms. The molecule has 1 heterocycles. The van der Waals surface area contributed by atoms with E-state index in [4.69, 9.17) is 11.6 Å². The topological polar surface area (TPSA) is 46.0 Å². The highest BCUT2D eigenvalue weighted by atomic mass is 35.5. The van der Waals surface area contributed by atoms with Gasteiger partial charge in [0.1, 0.15) is 17.7 Å². The number of halogens is 2. The normalized spacial score (nSPS) is 12.4. The van der Waals surface area contributed by atoms with Crippen molar-refractivity contribution in [3.63, 3.8) is 0 Å². The first-order valence-electron chi connectivity index (χ1n) is 5.48. The minimum atomic E-state index is -0.875. The molecule has 1 unspecified atom stereocenters. The third kappa shape index (κ3) is 2.83. The Labute approximate surface area is 109 Å². The maximum absolute atomic E-state index is 13.7. The van der Waals surface area contributed by atoms with Crippen molar-refractivity contribution >= 4 is 11.6 Å². The van der Waals surface area contributed by atoms with E-state index in [0.29, 0.717) is 17.1 Å². The lowest BCUT2D eigenvalue weighted by molar-refractivity contribution is 0.172. The Kier molecular flexibility index (Phi) is 3.89. The number of aromatic nitrogens is 2. The van der Waals surface area contributed by atoms with Gasteiger partial charge >= 0.3 is 0 Å². The van der Waals surface area contributed by atoms with Gasteiger partial charge in [-0.2, -0.15) is 0 Å². The lowest BCUT2D eigenvalue weighted by atomic mass is 10.0. The van der Waals surface area contributed by atoms with Gasteiger partial charge in [0.15, 0.2) is 0 Å².